The summed E-state index contributed by atoms with van der Waals surface area (Å²) in [6.07, 6.45) is 6.28. The Hall–Kier alpha value is -3.47. The molecule has 2 aromatic heterocycles. The van der Waals surface area contributed by atoms with Gasteiger partial charge in [0.1, 0.15) is 17.6 Å². The molecule has 0 saturated carbocycles. The summed E-state index contributed by atoms with van der Waals surface area (Å²) >= 11 is 0. The zero-order valence-electron chi connectivity index (χ0n) is 15.1. The number of oxazole rings is 1. The molecule has 27 heavy (non-hydrogen) atoms. The molecule has 140 valence electrons. The zero-order chi connectivity index (χ0) is 18.9. The minimum atomic E-state index is 0.138. The van der Waals surface area contributed by atoms with E-state index in [1.807, 2.05) is 48.0 Å². The molecule has 0 aliphatic heterocycles. The highest BCUT2D eigenvalue weighted by molar-refractivity contribution is 5.45. The molecule has 0 radical (unpaired) electrons. The number of aryl methyl sites for hydroxylation is 1. The third-order valence-corrected chi connectivity index (χ3v) is 3.71. The standard InChI is InChI=1S/C19H21N5O3/c1-2-25-15-4-6-16(7-5-15)26-13-18-23-17(12-20)19(27-18)22-8-3-10-24-11-9-21-14-24/h4-7,9,11,14,22H,2-3,8,10,13H2,1H3. The van der Waals surface area contributed by atoms with Gasteiger partial charge < -0.3 is 23.8 Å². The molecule has 0 saturated heterocycles. The van der Waals surface area contributed by atoms with Gasteiger partial charge in [0, 0.05) is 25.5 Å². The van der Waals surface area contributed by atoms with Gasteiger partial charge in [0.25, 0.3) is 0 Å². The summed E-state index contributed by atoms with van der Waals surface area (Å²) in [6, 6.07) is 9.33. The van der Waals surface area contributed by atoms with E-state index in [9.17, 15) is 5.26 Å². The lowest BCUT2D eigenvalue weighted by molar-refractivity contribution is 0.264. The van der Waals surface area contributed by atoms with Crippen LogP contribution >= 0.6 is 0 Å². The molecule has 0 spiro atoms. The normalized spacial score (nSPS) is 10.4. The van der Waals surface area contributed by atoms with Gasteiger partial charge in [0.2, 0.25) is 17.5 Å². The summed E-state index contributed by atoms with van der Waals surface area (Å²) in [7, 11) is 0. The van der Waals surface area contributed by atoms with Crippen molar-refractivity contribution in [2.75, 3.05) is 18.5 Å². The van der Waals surface area contributed by atoms with Gasteiger partial charge in [-0.05, 0) is 37.6 Å². The van der Waals surface area contributed by atoms with Crippen LogP contribution in [0.15, 0.2) is 47.4 Å². The van der Waals surface area contributed by atoms with Crippen LogP contribution in [0.25, 0.3) is 0 Å². The summed E-state index contributed by atoms with van der Waals surface area (Å²) in [4.78, 5) is 8.16. The molecule has 1 aromatic carbocycles. The summed E-state index contributed by atoms with van der Waals surface area (Å²) in [5.41, 5.74) is 0.225. The zero-order valence-corrected chi connectivity index (χ0v) is 15.1. The largest absolute Gasteiger partial charge is 0.494 e. The van der Waals surface area contributed by atoms with Gasteiger partial charge in [-0.3, -0.25) is 0 Å². The van der Waals surface area contributed by atoms with Crippen molar-refractivity contribution in [1.29, 1.82) is 5.26 Å². The Kier molecular flexibility index (Phi) is 6.30. The molecule has 0 aliphatic carbocycles. The van der Waals surface area contributed by atoms with Crippen molar-refractivity contribution in [3.8, 4) is 17.6 Å². The van der Waals surface area contributed by atoms with Crippen molar-refractivity contribution in [2.24, 2.45) is 0 Å². The summed E-state index contributed by atoms with van der Waals surface area (Å²) in [6.45, 7) is 4.17. The van der Waals surface area contributed by atoms with Gasteiger partial charge in [0.15, 0.2) is 6.61 Å². The van der Waals surface area contributed by atoms with Crippen LogP contribution in [-0.4, -0.2) is 27.7 Å². The monoisotopic (exact) mass is 367 g/mol. The molecular weight excluding hydrogens is 346 g/mol. The maximum Gasteiger partial charge on any atom is 0.236 e. The van der Waals surface area contributed by atoms with Crippen molar-refractivity contribution in [1.82, 2.24) is 14.5 Å². The van der Waals surface area contributed by atoms with E-state index in [0.29, 0.717) is 30.7 Å². The second-order valence-electron chi connectivity index (χ2n) is 5.67. The number of ether oxygens (including phenoxy) is 2. The second kappa shape index (κ2) is 9.29. The Morgan fingerprint density at radius 2 is 2.00 bits per heavy atom. The van der Waals surface area contributed by atoms with Gasteiger partial charge in [-0.15, -0.1) is 0 Å². The molecule has 8 nitrogen and oxygen atoms in total. The van der Waals surface area contributed by atoms with Crippen molar-refractivity contribution in [2.45, 2.75) is 26.5 Å². The lowest BCUT2D eigenvalue weighted by Crippen LogP contribution is -2.06. The Bertz CT molecular complexity index is 866. The fourth-order valence-corrected chi connectivity index (χ4v) is 2.45. The van der Waals surface area contributed by atoms with E-state index in [-0.39, 0.29) is 12.3 Å². The van der Waals surface area contributed by atoms with E-state index in [1.54, 1.807) is 12.5 Å². The first-order valence-electron chi connectivity index (χ1n) is 8.73. The van der Waals surface area contributed by atoms with Gasteiger partial charge in [-0.25, -0.2) is 4.98 Å². The number of rotatable bonds is 10. The molecule has 0 bridgehead atoms. The number of nitriles is 1. The van der Waals surface area contributed by atoms with Gasteiger partial charge in [-0.2, -0.15) is 10.2 Å². The summed E-state index contributed by atoms with van der Waals surface area (Å²) in [5, 5.41) is 12.3. The number of nitrogens with zero attached hydrogens (tertiary/aromatic N) is 4. The smallest absolute Gasteiger partial charge is 0.236 e. The maximum atomic E-state index is 9.23. The average molecular weight is 367 g/mol. The predicted molar refractivity (Wildman–Crippen MR) is 98.5 cm³/mol. The molecular formula is C19H21N5O3. The van der Waals surface area contributed by atoms with E-state index >= 15 is 0 Å². The van der Waals surface area contributed by atoms with Crippen LogP contribution in [0.1, 0.15) is 24.9 Å². The van der Waals surface area contributed by atoms with E-state index in [0.717, 1.165) is 18.7 Å². The van der Waals surface area contributed by atoms with Crippen LogP contribution < -0.4 is 14.8 Å². The summed E-state index contributed by atoms with van der Waals surface area (Å²) in [5.74, 6) is 2.17. The molecule has 0 aliphatic rings. The van der Waals surface area contributed by atoms with Crippen LogP contribution in [0.2, 0.25) is 0 Å². The van der Waals surface area contributed by atoms with E-state index < -0.39 is 0 Å². The van der Waals surface area contributed by atoms with E-state index in [4.69, 9.17) is 13.9 Å². The van der Waals surface area contributed by atoms with E-state index in [1.165, 1.54) is 0 Å². The number of hydrogen-bond donors (Lipinski definition) is 1. The van der Waals surface area contributed by atoms with Gasteiger partial charge in [0.05, 0.1) is 12.9 Å². The highest BCUT2D eigenvalue weighted by Crippen LogP contribution is 2.21. The predicted octanol–water partition coefficient (Wildman–Crippen LogP) is 3.22. The van der Waals surface area contributed by atoms with Crippen molar-refractivity contribution in [3.63, 3.8) is 0 Å². The van der Waals surface area contributed by atoms with Gasteiger partial charge >= 0.3 is 0 Å². The number of benzene rings is 1. The van der Waals surface area contributed by atoms with Crippen LogP contribution in [0.3, 0.4) is 0 Å². The second-order valence-corrected chi connectivity index (χ2v) is 5.67. The maximum absolute atomic E-state index is 9.23. The minimum Gasteiger partial charge on any atom is -0.494 e. The molecule has 1 N–H and O–H groups in total. The molecule has 3 aromatic rings. The van der Waals surface area contributed by atoms with Crippen molar-refractivity contribution in [3.05, 3.63) is 54.6 Å². The van der Waals surface area contributed by atoms with Crippen molar-refractivity contribution < 1.29 is 13.9 Å². The van der Waals surface area contributed by atoms with Crippen LogP contribution in [0.5, 0.6) is 11.5 Å². The highest BCUT2D eigenvalue weighted by Gasteiger charge is 2.13. The third-order valence-electron chi connectivity index (χ3n) is 3.71. The molecule has 0 fully saturated rings. The molecule has 0 unspecified atom stereocenters. The van der Waals surface area contributed by atoms with Crippen LogP contribution in [0.4, 0.5) is 5.88 Å². The average Bonchev–Trinajstić information content (AvgIpc) is 3.34. The van der Waals surface area contributed by atoms with Crippen LogP contribution in [0, 0.1) is 11.3 Å². The molecule has 0 atom stereocenters. The van der Waals surface area contributed by atoms with Crippen molar-refractivity contribution >= 4 is 5.88 Å². The van der Waals surface area contributed by atoms with Gasteiger partial charge in [-0.1, -0.05) is 0 Å². The summed E-state index contributed by atoms with van der Waals surface area (Å²) < 4.78 is 18.6. The molecule has 3 rings (SSSR count). The molecule has 8 heteroatoms. The topological polar surface area (TPSA) is 98.1 Å². The number of imidazole rings is 1. The fraction of sp³-hybridized carbons (Fsp3) is 0.316. The number of hydrogen-bond acceptors (Lipinski definition) is 7. The Morgan fingerprint density at radius 3 is 2.67 bits per heavy atom. The quantitative estimate of drug-likeness (QED) is 0.549. The van der Waals surface area contributed by atoms with Crippen LogP contribution in [-0.2, 0) is 13.2 Å². The fourth-order valence-electron chi connectivity index (χ4n) is 2.45. The first-order valence-corrected chi connectivity index (χ1v) is 8.73. The Labute approximate surface area is 157 Å². The van der Waals surface area contributed by atoms with E-state index in [2.05, 4.69) is 15.3 Å². The SMILES string of the molecule is CCOc1ccc(OCc2nc(C#N)c(NCCCn3ccnc3)o2)cc1. The molecule has 2 heterocycles. The first-order chi connectivity index (χ1) is 13.3. The Morgan fingerprint density at radius 1 is 1.22 bits per heavy atom. The molecule has 0 amide bonds. The third kappa shape index (κ3) is 5.25. The number of nitrogens with one attached hydrogen (secondary N) is 1. The lowest BCUT2D eigenvalue weighted by Gasteiger charge is -2.06. The highest BCUT2D eigenvalue weighted by atomic mass is 16.5. The minimum absolute atomic E-state index is 0.138. The Balaban J connectivity index is 1.50. The number of aromatic nitrogens is 3. The number of anilines is 1. The first kappa shape index (κ1) is 18.3. The lowest BCUT2D eigenvalue weighted by atomic mass is 10.3.